The lowest BCUT2D eigenvalue weighted by molar-refractivity contribution is 0.220. The first-order valence-corrected chi connectivity index (χ1v) is 5.70. The lowest BCUT2D eigenvalue weighted by Crippen LogP contribution is -1.99. The van der Waals surface area contributed by atoms with Gasteiger partial charge in [-0.3, -0.25) is 0 Å². The second-order valence-corrected chi connectivity index (χ2v) is 4.13. The van der Waals surface area contributed by atoms with Crippen LogP contribution in [0.5, 0.6) is 5.75 Å². The van der Waals surface area contributed by atoms with Crippen molar-refractivity contribution in [1.82, 2.24) is 0 Å². The zero-order valence-electron chi connectivity index (χ0n) is 8.68. The first-order valence-electron chi connectivity index (χ1n) is 4.76. The standard InChI is InChI=1S/C12H11FO2S/c1-15-11-3-2-8(6-10(11)13)12(14)9-4-5-16-7-9/h2-7,12,14H,1H3. The number of benzene rings is 1. The van der Waals surface area contributed by atoms with Gasteiger partial charge in [-0.05, 0) is 40.1 Å². The van der Waals surface area contributed by atoms with Gasteiger partial charge in [-0.25, -0.2) is 4.39 Å². The van der Waals surface area contributed by atoms with E-state index in [9.17, 15) is 9.50 Å². The van der Waals surface area contributed by atoms with Crippen molar-refractivity contribution in [2.24, 2.45) is 0 Å². The van der Waals surface area contributed by atoms with Gasteiger partial charge in [0.15, 0.2) is 11.6 Å². The molecule has 2 nitrogen and oxygen atoms in total. The van der Waals surface area contributed by atoms with Crippen LogP contribution in [0.1, 0.15) is 17.2 Å². The Hall–Kier alpha value is -1.39. The smallest absolute Gasteiger partial charge is 0.165 e. The molecule has 1 heterocycles. The Bertz CT molecular complexity index is 468. The molecule has 0 aliphatic rings. The normalized spacial score (nSPS) is 12.4. The summed E-state index contributed by atoms with van der Waals surface area (Å²) in [6, 6.07) is 6.28. The first-order chi connectivity index (χ1) is 7.72. The minimum absolute atomic E-state index is 0.182. The fourth-order valence-corrected chi connectivity index (χ4v) is 2.15. The minimum Gasteiger partial charge on any atom is -0.494 e. The second kappa shape index (κ2) is 4.63. The van der Waals surface area contributed by atoms with E-state index in [0.29, 0.717) is 5.56 Å². The third kappa shape index (κ3) is 2.08. The van der Waals surface area contributed by atoms with Crippen LogP contribution in [0.15, 0.2) is 35.0 Å². The summed E-state index contributed by atoms with van der Waals surface area (Å²) in [6.45, 7) is 0. The molecule has 0 bridgehead atoms. The molecule has 0 aliphatic heterocycles. The van der Waals surface area contributed by atoms with E-state index in [4.69, 9.17) is 4.74 Å². The van der Waals surface area contributed by atoms with E-state index in [1.807, 2.05) is 16.8 Å². The van der Waals surface area contributed by atoms with E-state index in [1.165, 1.54) is 30.6 Å². The number of hydrogen-bond donors (Lipinski definition) is 1. The summed E-state index contributed by atoms with van der Waals surface area (Å²) in [5, 5.41) is 13.7. The first kappa shape index (κ1) is 11.1. The van der Waals surface area contributed by atoms with Crippen LogP contribution in [0.2, 0.25) is 0 Å². The minimum atomic E-state index is -0.786. The number of ether oxygens (including phenoxy) is 1. The van der Waals surface area contributed by atoms with Gasteiger partial charge in [0.25, 0.3) is 0 Å². The molecule has 0 fully saturated rings. The Morgan fingerprint density at radius 1 is 1.31 bits per heavy atom. The molecule has 0 spiro atoms. The van der Waals surface area contributed by atoms with Crippen LogP contribution in [0.3, 0.4) is 0 Å². The van der Waals surface area contributed by atoms with Crippen LogP contribution in [-0.4, -0.2) is 12.2 Å². The Kier molecular flexibility index (Phi) is 3.22. The Morgan fingerprint density at radius 3 is 2.69 bits per heavy atom. The number of thiophene rings is 1. The van der Waals surface area contributed by atoms with Crippen molar-refractivity contribution in [2.45, 2.75) is 6.10 Å². The van der Waals surface area contributed by atoms with E-state index < -0.39 is 11.9 Å². The zero-order chi connectivity index (χ0) is 11.5. The quantitative estimate of drug-likeness (QED) is 0.890. The van der Waals surface area contributed by atoms with Crippen LogP contribution >= 0.6 is 11.3 Å². The van der Waals surface area contributed by atoms with Gasteiger partial charge in [-0.1, -0.05) is 6.07 Å². The molecule has 0 radical (unpaired) electrons. The number of halogens is 1. The number of hydrogen-bond acceptors (Lipinski definition) is 3. The maximum Gasteiger partial charge on any atom is 0.165 e. The van der Waals surface area contributed by atoms with Gasteiger partial charge in [-0.2, -0.15) is 11.3 Å². The summed E-state index contributed by atoms with van der Waals surface area (Å²) >= 11 is 1.50. The lowest BCUT2D eigenvalue weighted by Gasteiger charge is -2.10. The van der Waals surface area contributed by atoms with Crippen LogP contribution in [-0.2, 0) is 0 Å². The molecule has 2 aromatic rings. The van der Waals surface area contributed by atoms with Crippen LogP contribution in [0.25, 0.3) is 0 Å². The highest BCUT2D eigenvalue weighted by atomic mass is 32.1. The van der Waals surface area contributed by atoms with Crippen molar-refractivity contribution >= 4 is 11.3 Å². The highest BCUT2D eigenvalue weighted by Crippen LogP contribution is 2.27. The maximum atomic E-state index is 13.4. The van der Waals surface area contributed by atoms with Gasteiger partial charge < -0.3 is 9.84 Å². The second-order valence-electron chi connectivity index (χ2n) is 3.35. The molecule has 0 saturated carbocycles. The Balaban J connectivity index is 2.31. The molecule has 16 heavy (non-hydrogen) atoms. The Labute approximate surface area is 96.9 Å². The van der Waals surface area contributed by atoms with E-state index in [1.54, 1.807) is 6.07 Å². The molecule has 1 N–H and O–H groups in total. The third-order valence-electron chi connectivity index (χ3n) is 2.35. The number of aliphatic hydroxyl groups is 1. The van der Waals surface area contributed by atoms with Crippen molar-refractivity contribution in [3.05, 3.63) is 52.0 Å². The molecule has 4 heteroatoms. The van der Waals surface area contributed by atoms with Gasteiger partial charge in [0, 0.05) is 0 Å². The molecule has 1 unspecified atom stereocenters. The SMILES string of the molecule is COc1ccc(C(O)c2ccsc2)cc1F. The molecule has 1 atom stereocenters. The fraction of sp³-hybridized carbons (Fsp3) is 0.167. The van der Waals surface area contributed by atoms with E-state index >= 15 is 0 Å². The summed E-state index contributed by atoms with van der Waals surface area (Å²) < 4.78 is 18.2. The van der Waals surface area contributed by atoms with E-state index in [2.05, 4.69) is 0 Å². The van der Waals surface area contributed by atoms with Crippen molar-refractivity contribution in [2.75, 3.05) is 7.11 Å². The van der Waals surface area contributed by atoms with Crippen molar-refractivity contribution in [3.8, 4) is 5.75 Å². The van der Waals surface area contributed by atoms with Crippen molar-refractivity contribution in [1.29, 1.82) is 0 Å². The zero-order valence-corrected chi connectivity index (χ0v) is 9.50. The summed E-state index contributed by atoms with van der Waals surface area (Å²) in [5.74, 6) is -0.282. The summed E-state index contributed by atoms with van der Waals surface area (Å²) in [7, 11) is 1.41. The molecule has 0 amide bonds. The van der Waals surface area contributed by atoms with Gasteiger partial charge in [0.05, 0.1) is 7.11 Å². The van der Waals surface area contributed by atoms with Gasteiger partial charge in [-0.15, -0.1) is 0 Å². The average Bonchev–Trinajstić information content (AvgIpc) is 2.81. The highest BCUT2D eigenvalue weighted by molar-refractivity contribution is 7.07. The molecule has 1 aromatic heterocycles. The van der Waals surface area contributed by atoms with Crippen molar-refractivity contribution < 1.29 is 14.2 Å². The largest absolute Gasteiger partial charge is 0.494 e. The van der Waals surface area contributed by atoms with E-state index in [-0.39, 0.29) is 5.75 Å². The summed E-state index contributed by atoms with van der Waals surface area (Å²) in [6.07, 6.45) is -0.786. The average molecular weight is 238 g/mol. The predicted octanol–water partition coefficient (Wildman–Crippen LogP) is 2.98. The van der Waals surface area contributed by atoms with Gasteiger partial charge in [0.2, 0.25) is 0 Å². The maximum absolute atomic E-state index is 13.4. The predicted molar refractivity (Wildman–Crippen MR) is 61.3 cm³/mol. The number of methoxy groups -OCH3 is 1. The molecule has 1 aromatic carbocycles. The fourth-order valence-electron chi connectivity index (χ4n) is 1.48. The monoisotopic (exact) mass is 238 g/mol. The Morgan fingerprint density at radius 2 is 2.12 bits per heavy atom. The highest BCUT2D eigenvalue weighted by Gasteiger charge is 2.13. The molecular formula is C12H11FO2S. The molecular weight excluding hydrogens is 227 g/mol. The molecule has 0 aliphatic carbocycles. The summed E-state index contributed by atoms with van der Waals surface area (Å²) in [5.41, 5.74) is 1.30. The third-order valence-corrected chi connectivity index (χ3v) is 3.05. The van der Waals surface area contributed by atoms with Crippen LogP contribution in [0.4, 0.5) is 4.39 Å². The summed E-state index contributed by atoms with van der Waals surface area (Å²) in [4.78, 5) is 0. The lowest BCUT2D eigenvalue weighted by atomic mass is 10.0. The molecule has 0 saturated heterocycles. The number of rotatable bonds is 3. The van der Waals surface area contributed by atoms with Gasteiger partial charge >= 0.3 is 0 Å². The molecule has 84 valence electrons. The van der Waals surface area contributed by atoms with Crippen molar-refractivity contribution in [3.63, 3.8) is 0 Å². The van der Waals surface area contributed by atoms with Crippen LogP contribution in [0, 0.1) is 5.82 Å². The topological polar surface area (TPSA) is 29.5 Å². The number of aliphatic hydroxyl groups excluding tert-OH is 1. The van der Waals surface area contributed by atoms with Crippen LogP contribution < -0.4 is 4.74 Å². The van der Waals surface area contributed by atoms with E-state index in [0.717, 1.165) is 5.56 Å². The molecule has 2 rings (SSSR count). The van der Waals surface area contributed by atoms with Gasteiger partial charge in [0.1, 0.15) is 6.10 Å².